The molecular weight excluding hydrogens is 432 g/mol. The Morgan fingerprint density at radius 2 is 1.86 bits per heavy atom. The number of halogens is 1. The van der Waals surface area contributed by atoms with Gasteiger partial charge in [0, 0.05) is 0 Å². The highest BCUT2D eigenvalue weighted by Crippen LogP contribution is 2.34. The van der Waals surface area contributed by atoms with Crippen molar-refractivity contribution in [2.24, 2.45) is 0 Å². The number of carbonyl (C=O) groups is 1. The van der Waals surface area contributed by atoms with Crippen LogP contribution in [0.5, 0.6) is 0 Å². The number of hydrogen-bond acceptors (Lipinski definition) is 6. The lowest BCUT2D eigenvalue weighted by molar-refractivity contribution is -0.116. The van der Waals surface area contributed by atoms with Crippen LogP contribution in [-0.2, 0) is 21.2 Å². The third kappa shape index (κ3) is 4.42. The second-order valence-electron chi connectivity index (χ2n) is 6.23. The lowest BCUT2D eigenvalue weighted by atomic mass is 10.2. The fraction of sp³-hybridized carbons (Fsp3) is 0.158. The number of benzene rings is 2. The van der Waals surface area contributed by atoms with Crippen molar-refractivity contribution in [3.63, 3.8) is 0 Å². The molecule has 3 rings (SSSR count). The van der Waals surface area contributed by atoms with Crippen molar-refractivity contribution in [3.8, 4) is 0 Å². The number of aryl methyl sites for hydroxylation is 1. The molecule has 1 heterocycles. The minimum atomic E-state index is -3.89. The predicted octanol–water partition coefficient (Wildman–Crippen LogP) is 3.62. The Morgan fingerprint density at radius 3 is 2.48 bits per heavy atom. The lowest BCUT2D eigenvalue weighted by Crippen LogP contribution is -2.21. The molecule has 3 N–H and O–H groups in total. The number of thioether (sulfide) groups is 1. The Hall–Kier alpha value is -2.49. The van der Waals surface area contributed by atoms with Gasteiger partial charge in [-0.15, -0.1) is 11.8 Å². The highest BCUT2D eigenvalue weighted by molar-refractivity contribution is 7.99. The van der Waals surface area contributed by atoms with E-state index in [1.165, 1.54) is 16.8 Å². The average Bonchev–Trinajstić information content (AvgIpc) is 3.00. The number of aromatic nitrogens is 2. The van der Waals surface area contributed by atoms with Crippen LogP contribution in [0.1, 0.15) is 5.56 Å². The number of anilines is 2. The zero-order valence-corrected chi connectivity index (χ0v) is 18.1. The van der Waals surface area contributed by atoms with Crippen LogP contribution in [0.3, 0.4) is 0 Å². The maximum atomic E-state index is 13.1. The number of nitrogens with two attached hydrogens (primary N) is 1. The number of nitrogens with one attached hydrogen (secondary N) is 1. The summed E-state index contributed by atoms with van der Waals surface area (Å²) in [7, 11) is -3.89. The summed E-state index contributed by atoms with van der Waals surface area (Å²) < 4.78 is 27.4. The summed E-state index contributed by atoms with van der Waals surface area (Å²) in [6, 6.07) is 13.3. The Balaban J connectivity index is 1.93. The molecule has 1 aromatic heterocycles. The van der Waals surface area contributed by atoms with Crippen molar-refractivity contribution in [3.05, 3.63) is 59.1 Å². The number of para-hydroxylation sites is 1. The quantitative estimate of drug-likeness (QED) is 0.555. The number of nitrogen functional groups attached to an aromatic ring is 1. The maximum absolute atomic E-state index is 13.1. The summed E-state index contributed by atoms with van der Waals surface area (Å²) in [5.41, 5.74) is 7.49. The summed E-state index contributed by atoms with van der Waals surface area (Å²) in [6.45, 7) is 1.61. The zero-order chi connectivity index (χ0) is 21.2. The van der Waals surface area contributed by atoms with Crippen LogP contribution in [0.25, 0.3) is 0 Å². The fourth-order valence-electron chi connectivity index (χ4n) is 2.67. The highest BCUT2D eigenvalue weighted by Gasteiger charge is 2.29. The van der Waals surface area contributed by atoms with Gasteiger partial charge in [0.15, 0.2) is 0 Å². The summed E-state index contributed by atoms with van der Waals surface area (Å²) in [6.07, 6.45) is 1.70. The molecule has 3 aromatic rings. The molecule has 0 aliphatic carbocycles. The number of hydrogen-bond donors (Lipinski definition) is 2. The predicted molar refractivity (Wildman–Crippen MR) is 115 cm³/mol. The van der Waals surface area contributed by atoms with Crippen LogP contribution < -0.4 is 11.1 Å². The van der Waals surface area contributed by atoms with E-state index < -0.39 is 15.7 Å². The molecule has 0 saturated heterocycles. The highest BCUT2D eigenvalue weighted by atomic mass is 35.5. The van der Waals surface area contributed by atoms with Crippen molar-refractivity contribution < 1.29 is 13.2 Å². The van der Waals surface area contributed by atoms with Gasteiger partial charge >= 0.3 is 0 Å². The van der Waals surface area contributed by atoms with Crippen LogP contribution in [0, 0.1) is 6.92 Å². The molecule has 1 amide bonds. The molecule has 0 radical (unpaired) electrons. The van der Waals surface area contributed by atoms with Crippen LogP contribution >= 0.6 is 23.4 Å². The molecule has 152 valence electrons. The van der Waals surface area contributed by atoms with Crippen molar-refractivity contribution >= 4 is 50.6 Å². The van der Waals surface area contributed by atoms with Gasteiger partial charge in [-0.2, -0.15) is 5.10 Å². The normalized spacial score (nSPS) is 11.4. The molecule has 0 atom stereocenters. The van der Waals surface area contributed by atoms with Gasteiger partial charge in [0.1, 0.15) is 22.3 Å². The molecule has 2 aromatic carbocycles. The third-order valence-corrected chi connectivity index (χ3v) is 7.12. The van der Waals surface area contributed by atoms with E-state index in [-0.39, 0.29) is 27.2 Å². The molecule has 0 fully saturated rings. The standard InChI is InChI=1S/C19H19ClN4O3S2/c1-12-7-9-13(10-8-12)29(26,27)17-18(21)24(23-19(17)28-2)11-16(25)22-15-6-4-3-5-14(15)20/h3-10H,11,21H2,1-2H3,(H,22,25). The van der Waals surface area contributed by atoms with Gasteiger partial charge in [0.05, 0.1) is 15.6 Å². The molecule has 0 aliphatic heterocycles. The summed E-state index contributed by atoms with van der Waals surface area (Å²) in [5.74, 6) is -0.525. The first-order chi connectivity index (χ1) is 13.7. The number of rotatable bonds is 6. The van der Waals surface area contributed by atoms with Crippen LogP contribution in [0.2, 0.25) is 5.02 Å². The number of sulfone groups is 1. The van der Waals surface area contributed by atoms with Gasteiger partial charge in [-0.1, -0.05) is 41.4 Å². The largest absolute Gasteiger partial charge is 0.383 e. The molecule has 29 heavy (non-hydrogen) atoms. The third-order valence-electron chi connectivity index (χ3n) is 4.15. The van der Waals surface area contributed by atoms with Gasteiger partial charge in [0.2, 0.25) is 15.7 Å². The molecular formula is C19H19ClN4O3S2. The second kappa shape index (κ2) is 8.48. The SMILES string of the molecule is CSc1nn(CC(=O)Nc2ccccc2Cl)c(N)c1S(=O)(=O)c1ccc(C)cc1. The van der Waals surface area contributed by atoms with E-state index in [1.54, 1.807) is 42.7 Å². The molecule has 7 nitrogen and oxygen atoms in total. The average molecular weight is 451 g/mol. The molecule has 0 saturated carbocycles. The van der Waals surface area contributed by atoms with Crippen molar-refractivity contribution in [2.75, 3.05) is 17.3 Å². The Bertz CT molecular complexity index is 1160. The Labute approximate surface area is 178 Å². The topological polar surface area (TPSA) is 107 Å². The summed E-state index contributed by atoms with van der Waals surface area (Å²) in [4.78, 5) is 12.4. The van der Waals surface area contributed by atoms with Gasteiger partial charge < -0.3 is 11.1 Å². The zero-order valence-electron chi connectivity index (χ0n) is 15.7. The fourth-order valence-corrected chi connectivity index (χ4v) is 5.28. The van der Waals surface area contributed by atoms with E-state index in [9.17, 15) is 13.2 Å². The van der Waals surface area contributed by atoms with E-state index in [1.807, 2.05) is 6.92 Å². The smallest absolute Gasteiger partial charge is 0.246 e. The Morgan fingerprint density at radius 1 is 1.21 bits per heavy atom. The maximum Gasteiger partial charge on any atom is 0.246 e. The van der Waals surface area contributed by atoms with E-state index in [2.05, 4.69) is 10.4 Å². The van der Waals surface area contributed by atoms with Gasteiger partial charge in [0.25, 0.3) is 0 Å². The molecule has 0 unspecified atom stereocenters. The van der Waals surface area contributed by atoms with Gasteiger partial charge in [-0.3, -0.25) is 4.79 Å². The van der Waals surface area contributed by atoms with E-state index in [0.717, 1.165) is 17.3 Å². The van der Waals surface area contributed by atoms with Gasteiger partial charge in [-0.25, -0.2) is 13.1 Å². The molecule has 0 aliphatic rings. The van der Waals surface area contributed by atoms with Crippen LogP contribution in [0.15, 0.2) is 63.3 Å². The van der Waals surface area contributed by atoms with E-state index >= 15 is 0 Å². The number of nitrogens with zero attached hydrogens (tertiary/aromatic N) is 2. The number of carbonyl (C=O) groups excluding carboxylic acids is 1. The van der Waals surface area contributed by atoms with Crippen molar-refractivity contribution in [1.29, 1.82) is 0 Å². The lowest BCUT2D eigenvalue weighted by Gasteiger charge is -2.09. The first-order valence-corrected chi connectivity index (χ1v) is 11.6. The minimum Gasteiger partial charge on any atom is -0.383 e. The van der Waals surface area contributed by atoms with E-state index in [0.29, 0.717) is 10.7 Å². The van der Waals surface area contributed by atoms with Gasteiger partial charge in [-0.05, 0) is 37.4 Å². The summed E-state index contributed by atoms with van der Waals surface area (Å²) in [5, 5.41) is 7.51. The second-order valence-corrected chi connectivity index (χ2v) is 9.31. The van der Waals surface area contributed by atoms with Crippen molar-refractivity contribution in [1.82, 2.24) is 9.78 Å². The molecule has 10 heteroatoms. The first kappa shape index (κ1) is 21.2. The van der Waals surface area contributed by atoms with Crippen molar-refractivity contribution in [2.45, 2.75) is 28.3 Å². The minimum absolute atomic E-state index is 0.0933. The van der Waals surface area contributed by atoms with Crippen LogP contribution in [0.4, 0.5) is 11.5 Å². The Kier molecular flexibility index (Phi) is 6.21. The number of amides is 1. The molecule has 0 spiro atoms. The monoisotopic (exact) mass is 450 g/mol. The van der Waals surface area contributed by atoms with Crippen LogP contribution in [-0.4, -0.2) is 30.4 Å². The molecule has 0 bridgehead atoms. The summed E-state index contributed by atoms with van der Waals surface area (Å²) >= 11 is 7.19. The first-order valence-electron chi connectivity index (χ1n) is 8.50. The van der Waals surface area contributed by atoms with E-state index in [4.69, 9.17) is 17.3 Å².